The number of nitrogens with one attached hydrogen (secondary N) is 1. The third-order valence-corrected chi connectivity index (χ3v) is 5.39. The van der Waals surface area contributed by atoms with Gasteiger partial charge in [0.15, 0.2) is 0 Å². The van der Waals surface area contributed by atoms with E-state index in [2.05, 4.69) is 20.4 Å². The first-order valence-corrected chi connectivity index (χ1v) is 9.34. The number of nitrogens with zero attached hydrogens (tertiary/aromatic N) is 5. The van der Waals surface area contributed by atoms with Crippen LogP contribution < -0.4 is 10.2 Å². The highest BCUT2D eigenvalue weighted by molar-refractivity contribution is 8.00. The van der Waals surface area contributed by atoms with Crippen molar-refractivity contribution < 1.29 is 9.59 Å². The van der Waals surface area contributed by atoms with E-state index >= 15 is 0 Å². The summed E-state index contributed by atoms with van der Waals surface area (Å²) in [5, 5.41) is 7.17. The molecule has 0 radical (unpaired) electrons. The normalized spacial score (nSPS) is 16.7. The first-order valence-electron chi connectivity index (χ1n) is 8.46. The van der Waals surface area contributed by atoms with Gasteiger partial charge in [-0.1, -0.05) is 23.9 Å². The Labute approximate surface area is 160 Å². The SMILES string of the molecule is CC(Sc1nc2ncccn2n1)C(=O)N1c2ccccc2NC(=O)C1(C)C. The molecule has 0 saturated heterocycles. The van der Waals surface area contributed by atoms with Crippen LogP contribution >= 0.6 is 11.8 Å². The fourth-order valence-corrected chi connectivity index (χ4v) is 3.79. The van der Waals surface area contributed by atoms with Gasteiger partial charge in [-0.05, 0) is 39.0 Å². The van der Waals surface area contributed by atoms with Gasteiger partial charge >= 0.3 is 0 Å². The molecule has 3 aromatic rings. The number of carbonyl (C=O) groups is 2. The fraction of sp³-hybridized carbons (Fsp3) is 0.278. The highest BCUT2D eigenvalue weighted by Crippen LogP contribution is 2.38. The minimum absolute atomic E-state index is 0.181. The van der Waals surface area contributed by atoms with E-state index in [1.54, 1.807) is 54.7 Å². The fourth-order valence-electron chi connectivity index (χ4n) is 3.00. The van der Waals surface area contributed by atoms with Gasteiger partial charge in [0.2, 0.25) is 17.0 Å². The second-order valence-corrected chi connectivity index (χ2v) is 8.03. The van der Waals surface area contributed by atoms with Crippen LogP contribution in [0, 0.1) is 0 Å². The summed E-state index contributed by atoms with van der Waals surface area (Å²) in [5.41, 5.74) is 0.306. The summed E-state index contributed by atoms with van der Waals surface area (Å²) >= 11 is 1.24. The van der Waals surface area contributed by atoms with Crippen LogP contribution in [-0.4, -0.2) is 42.2 Å². The largest absolute Gasteiger partial charge is 0.322 e. The number of benzene rings is 1. The predicted octanol–water partition coefficient (Wildman–Crippen LogP) is 2.37. The van der Waals surface area contributed by atoms with Gasteiger partial charge in [-0.25, -0.2) is 9.50 Å². The van der Waals surface area contributed by atoms with E-state index < -0.39 is 10.8 Å². The maximum absolute atomic E-state index is 13.3. The second kappa shape index (κ2) is 6.34. The Balaban J connectivity index is 1.65. The molecule has 27 heavy (non-hydrogen) atoms. The van der Waals surface area contributed by atoms with Crippen molar-refractivity contribution in [2.75, 3.05) is 10.2 Å². The second-order valence-electron chi connectivity index (χ2n) is 6.72. The van der Waals surface area contributed by atoms with Crippen molar-refractivity contribution in [3.05, 3.63) is 42.7 Å². The smallest absolute Gasteiger partial charge is 0.253 e. The van der Waals surface area contributed by atoms with E-state index in [1.165, 1.54) is 11.8 Å². The molecule has 1 aromatic carbocycles. The lowest BCUT2D eigenvalue weighted by molar-refractivity contribution is -0.126. The van der Waals surface area contributed by atoms with E-state index in [9.17, 15) is 9.59 Å². The van der Waals surface area contributed by atoms with Gasteiger partial charge in [0, 0.05) is 12.4 Å². The van der Waals surface area contributed by atoms with E-state index in [0.717, 1.165) is 0 Å². The molecule has 0 fully saturated rings. The zero-order valence-corrected chi connectivity index (χ0v) is 15.9. The summed E-state index contributed by atoms with van der Waals surface area (Å²) in [4.78, 5) is 35.9. The van der Waals surface area contributed by atoms with Crippen molar-refractivity contribution in [2.45, 2.75) is 36.7 Å². The van der Waals surface area contributed by atoms with E-state index in [4.69, 9.17) is 0 Å². The Morgan fingerprint density at radius 2 is 2.04 bits per heavy atom. The van der Waals surface area contributed by atoms with Gasteiger partial charge < -0.3 is 5.32 Å². The zero-order valence-electron chi connectivity index (χ0n) is 15.1. The minimum atomic E-state index is -1.01. The predicted molar refractivity (Wildman–Crippen MR) is 103 cm³/mol. The van der Waals surface area contributed by atoms with Crippen LogP contribution in [-0.2, 0) is 9.59 Å². The summed E-state index contributed by atoms with van der Waals surface area (Å²) in [6, 6.07) is 9.05. The van der Waals surface area contributed by atoms with Crippen LogP contribution in [0.5, 0.6) is 0 Å². The zero-order chi connectivity index (χ0) is 19.2. The number of hydrogen-bond acceptors (Lipinski definition) is 6. The van der Waals surface area contributed by atoms with Crippen molar-refractivity contribution in [1.29, 1.82) is 0 Å². The molecule has 2 amide bonds. The van der Waals surface area contributed by atoms with Crippen LogP contribution in [0.15, 0.2) is 47.9 Å². The Morgan fingerprint density at radius 3 is 2.81 bits per heavy atom. The molecule has 9 heteroatoms. The summed E-state index contributed by atoms with van der Waals surface area (Å²) in [6.45, 7) is 5.26. The van der Waals surface area contributed by atoms with Gasteiger partial charge in [0.1, 0.15) is 5.54 Å². The number of para-hydroxylation sites is 2. The summed E-state index contributed by atoms with van der Waals surface area (Å²) in [5.74, 6) is 0.0728. The number of aromatic nitrogens is 4. The van der Waals surface area contributed by atoms with Gasteiger partial charge in [-0.2, -0.15) is 4.98 Å². The lowest BCUT2D eigenvalue weighted by Gasteiger charge is -2.42. The summed E-state index contributed by atoms with van der Waals surface area (Å²) < 4.78 is 1.56. The summed E-state index contributed by atoms with van der Waals surface area (Å²) in [7, 11) is 0. The van der Waals surface area contributed by atoms with Crippen LogP contribution in [0.1, 0.15) is 20.8 Å². The van der Waals surface area contributed by atoms with Crippen molar-refractivity contribution in [3.8, 4) is 0 Å². The van der Waals surface area contributed by atoms with Gasteiger partial charge in [-0.3, -0.25) is 14.5 Å². The molecule has 1 aliphatic rings. The van der Waals surface area contributed by atoms with Crippen molar-refractivity contribution in [3.63, 3.8) is 0 Å². The Morgan fingerprint density at radius 1 is 1.26 bits per heavy atom. The molecular formula is C18H18N6O2S. The standard InChI is InChI=1S/C18H18N6O2S/c1-11(27-17-21-16-19-9-6-10-23(16)22-17)14(25)24-13-8-5-4-7-12(13)20-15(26)18(24,2)3/h4-11H,1-3H3,(H,20,26). The molecule has 138 valence electrons. The number of carbonyl (C=O) groups excluding carboxylic acids is 2. The highest BCUT2D eigenvalue weighted by Gasteiger charge is 2.44. The van der Waals surface area contributed by atoms with Crippen LogP contribution in [0.25, 0.3) is 5.78 Å². The molecule has 2 aromatic heterocycles. The molecule has 4 rings (SSSR count). The lowest BCUT2D eigenvalue weighted by Crippen LogP contribution is -2.60. The number of amides is 2. The number of thioether (sulfide) groups is 1. The molecule has 3 heterocycles. The van der Waals surface area contributed by atoms with E-state index in [1.807, 2.05) is 18.2 Å². The maximum Gasteiger partial charge on any atom is 0.253 e. The van der Waals surface area contributed by atoms with Gasteiger partial charge in [0.05, 0.1) is 16.6 Å². The molecule has 0 saturated carbocycles. The third kappa shape index (κ3) is 2.93. The van der Waals surface area contributed by atoms with Crippen LogP contribution in [0.4, 0.5) is 11.4 Å². The monoisotopic (exact) mass is 382 g/mol. The number of rotatable bonds is 3. The highest BCUT2D eigenvalue weighted by atomic mass is 32.2. The lowest BCUT2D eigenvalue weighted by atomic mass is 9.96. The topological polar surface area (TPSA) is 92.5 Å². The van der Waals surface area contributed by atoms with Crippen LogP contribution in [0.2, 0.25) is 0 Å². The molecular weight excluding hydrogens is 364 g/mol. The van der Waals surface area contributed by atoms with Crippen molar-refractivity contribution in [1.82, 2.24) is 19.6 Å². The molecule has 1 unspecified atom stereocenters. The quantitative estimate of drug-likeness (QED) is 0.699. The number of hydrogen-bond donors (Lipinski definition) is 1. The maximum atomic E-state index is 13.3. The molecule has 8 nitrogen and oxygen atoms in total. The Hall–Kier alpha value is -2.94. The first kappa shape index (κ1) is 17.5. The molecule has 0 spiro atoms. The number of anilines is 2. The molecule has 1 N–H and O–H groups in total. The molecule has 1 atom stereocenters. The first-order chi connectivity index (χ1) is 12.9. The van der Waals surface area contributed by atoms with E-state index in [-0.39, 0.29) is 11.8 Å². The molecule has 1 aliphatic heterocycles. The minimum Gasteiger partial charge on any atom is -0.322 e. The average molecular weight is 382 g/mol. The number of fused-ring (bicyclic) bond motifs is 2. The average Bonchev–Trinajstić information content (AvgIpc) is 3.04. The van der Waals surface area contributed by atoms with Gasteiger partial charge in [-0.15, -0.1) is 5.10 Å². The Bertz CT molecular complexity index is 1010. The van der Waals surface area contributed by atoms with Crippen molar-refractivity contribution in [2.24, 2.45) is 0 Å². The Kier molecular flexibility index (Phi) is 4.11. The van der Waals surface area contributed by atoms with Crippen molar-refractivity contribution >= 4 is 40.7 Å². The molecule has 0 aliphatic carbocycles. The third-order valence-electron chi connectivity index (χ3n) is 4.46. The van der Waals surface area contributed by atoms with Gasteiger partial charge in [0.25, 0.3) is 5.78 Å². The van der Waals surface area contributed by atoms with Crippen LogP contribution in [0.3, 0.4) is 0 Å². The van der Waals surface area contributed by atoms with E-state index in [0.29, 0.717) is 22.3 Å². The summed E-state index contributed by atoms with van der Waals surface area (Å²) in [6.07, 6.45) is 3.39. The molecule has 0 bridgehead atoms.